The van der Waals surface area contributed by atoms with E-state index in [0.29, 0.717) is 11.3 Å². The number of para-hydroxylation sites is 1. The van der Waals surface area contributed by atoms with E-state index in [1.807, 2.05) is 20.9 Å². The molecule has 0 radical (unpaired) electrons. The molecule has 0 saturated carbocycles. The molecule has 0 aliphatic heterocycles. The summed E-state index contributed by atoms with van der Waals surface area (Å²) in [5.41, 5.74) is 8.68. The van der Waals surface area contributed by atoms with E-state index < -0.39 is 5.91 Å². The van der Waals surface area contributed by atoms with E-state index in [2.05, 4.69) is 10.4 Å². The lowest BCUT2D eigenvalue weighted by atomic mass is 10.1. The van der Waals surface area contributed by atoms with Crippen molar-refractivity contribution in [3.63, 3.8) is 0 Å². The summed E-state index contributed by atoms with van der Waals surface area (Å²) in [5, 5.41) is 7.01. The van der Waals surface area contributed by atoms with E-state index in [-0.39, 0.29) is 12.3 Å². The molecule has 0 unspecified atom stereocenters. The van der Waals surface area contributed by atoms with Crippen LogP contribution in [0.15, 0.2) is 24.3 Å². The average molecular weight is 286 g/mol. The Morgan fingerprint density at radius 1 is 1.29 bits per heavy atom. The lowest BCUT2D eigenvalue weighted by Gasteiger charge is -2.09. The molecular formula is C15H18N4O2. The summed E-state index contributed by atoms with van der Waals surface area (Å²) in [6, 6.07) is 6.67. The summed E-state index contributed by atoms with van der Waals surface area (Å²) in [6.45, 7) is 3.78. The van der Waals surface area contributed by atoms with Gasteiger partial charge in [-0.25, -0.2) is 0 Å². The topological polar surface area (TPSA) is 90.0 Å². The molecule has 1 aromatic heterocycles. The summed E-state index contributed by atoms with van der Waals surface area (Å²) < 4.78 is 1.75. The van der Waals surface area contributed by atoms with Gasteiger partial charge in [0.15, 0.2) is 0 Å². The van der Waals surface area contributed by atoms with Crippen LogP contribution < -0.4 is 11.1 Å². The SMILES string of the molecule is Cc1nn(C)c(C)c1CC(=O)Nc1ccccc1C(N)=O. The summed E-state index contributed by atoms with van der Waals surface area (Å²) >= 11 is 0. The standard InChI is InChI=1S/C15H18N4O2/c1-9-12(10(2)19(3)18-9)8-14(20)17-13-7-5-4-6-11(13)15(16)21/h4-7H,8H2,1-3H3,(H2,16,21)(H,17,20). The van der Waals surface area contributed by atoms with E-state index >= 15 is 0 Å². The number of hydrogen-bond acceptors (Lipinski definition) is 3. The molecule has 2 aromatic rings. The Balaban J connectivity index is 2.18. The largest absolute Gasteiger partial charge is 0.366 e. The van der Waals surface area contributed by atoms with Crippen molar-refractivity contribution < 1.29 is 9.59 Å². The minimum atomic E-state index is -0.570. The fourth-order valence-electron chi connectivity index (χ4n) is 2.24. The maximum Gasteiger partial charge on any atom is 0.250 e. The third-order valence-electron chi connectivity index (χ3n) is 3.46. The number of aromatic nitrogens is 2. The predicted octanol–water partition coefficient (Wildman–Crippen LogP) is 1.32. The second-order valence-electron chi connectivity index (χ2n) is 4.91. The highest BCUT2D eigenvalue weighted by Crippen LogP contribution is 2.17. The van der Waals surface area contributed by atoms with E-state index in [4.69, 9.17) is 5.73 Å². The number of nitrogens with zero attached hydrogens (tertiary/aromatic N) is 2. The van der Waals surface area contributed by atoms with Gasteiger partial charge in [0.2, 0.25) is 5.91 Å². The minimum absolute atomic E-state index is 0.206. The predicted molar refractivity (Wildman–Crippen MR) is 80.0 cm³/mol. The van der Waals surface area contributed by atoms with Gasteiger partial charge in [-0.15, -0.1) is 0 Å². The number of carbonyl (C=O) groups excluding carboxylic acids is 2. The minimum Gasteiger partial charge on any atom is -0.366 e. The van der Waals surface area contributed by atoms with Crippen molar-refractivity contribution in [3.05, 3.63) is 46.8 Å². The molecule has 3 N–H and O–H groups in total. The number of nitrogens with one attached hydrogen (secondary N) is 1. The van der Waals surface area contributed by atoms with Gasteiger partial charge in [0.1, 0.15) is 0 Å². The molecule has 110 valence electrons. The van der Waals surface area contributed by atoms with Crippen LogP contribution in [0.25, 0.3) is 0 Å². The Bertz CT molecular complexity index is 704. The maximum absolute atomic E-state index is 12.2. The van der Waals surface area contributed by atoms with Crippen molar-refractivity contribution in [2.45, 2.75) is 20.3 Å². The molecule has 0 saturated heterocycles. The normalized spacial score (nSPS) is 10.4. The zero-order valence-corrected chi connectivity index (χ0v) is 12.3. The number of anilines is 1. The van der Waals surface area contributed by atoms with Crippen LogP contribution in [0.2, 0.25) is 0 Å². The quantitative estimate of drug-likeness (QED) is 0.888. The summed E-state index contributed by atoms with van der Waals surface area (Å²) in [7, 11) is 1.84. The van der Waals surface area contributed by atoms with Crippen molar-refractivity contribution in [2.75, 3.05) is 5.32 Å². The van der Waals surface area contributed by atoms with E-state index in [0.717, 1.165) is 17.0 Å². The molecule has 0 aliphatic carbocycles. The first kappa shape index (κ1) is 14.8. The fourth-order valence-corrected chi connectivity index (χ4v) is 2.24. The zero-order valence-electron chi connectivity index (χ0n) is 12.3. The number of carbonyl (C=O) groups is 2. The number of aryl methyl sites for hydroxylation is 2. The molecule has 2 rings (SSSR count). The highest BCUT2D eigenvalue weighted by atomic mass is 16.2. The lowest BCUT2D eigenvalue weighted by Crippen LogP contribution is -2.19. The Hall–Kier alpha value is -2.63. The van der Waals surface area contributed by atoms with Crippen molar-refractivity contribution in [3.8, 4) is 0 Å². The van der Waals surface area contributed by atoms with Crippen LogP contribution >= 0.6 is 0 Å². The Kier molecular flexibility index (Phi) is 4.07. The van der Waals surface area contributed by atoms with Gasteiger partial charge < -0.3 is 11.1 Å². The van der Waals surface area contributed by atoms with Crippen LogP contribution in [-0.2, 0) is 18.3 Å². The monoisotopic (exact) mass is 286 g/mol. The molecule has 6 heteroatoms. The molecule has 1 heterocycles. The number of rotatable bonds is 4. The first-order valence-corrected chi connectivity index (χ1v) is 6.58. The smallest absolute Gasteiger partial charge is 0.250 e. The number of amides is 2. The molecule has 0 bridgehead atoms. The molecule has 0 aliphatic rings. The molecule has 6 nitrogen and oxygen atoms in total. The number of nitrogens with two attached hydrogens (primary N) is 1. The fraction of sp³-hybridized carbons (Fsp3) is 0.267. The second-order valence-corrected chi connectivity index (χ2v) is 4.91. The highest BCUT2D eigenvalue weighted by Gasteiger charge is 2.15. The molecule has 2 amide bonds. The Labute approximate surface area is 122 Å². The van der Waals surface area contributed by atoms with Gasteiger partial charge in [-0.2, -0.15) is 5.10 Å². The van der Waals surface area contributed by atoms with Crippen LogP contribution in [0, 0.1) is 13.8 Å². The van der Waals surface area contributed by atoms with Crippen molar-refractivity contribution in [1.29, 1.82) is 0 Å². The van der Waals surface area contributed by atoms with Crippen LogP contribution in [0.3, 0.4) is 0 Å². The average Bonchev–Trinajstić information content (AvgIpc) is 2.66. The number of benzene rings is 1. The van der Waals surface area contributed by atoms with Crippen LogP contribution in [-0.4, -0.2) is 21.6 Å². The Morgan fingerprint density at radius 2 is 1.95 bits per heavy atom. The van der Waals surface area contributed by atoms with Gasteiger partial charge in [-0.3, -0.25) is 14.3 Å². The molecular weight excluding hydrogens is 268 g/mol. The van der Waals surface area contributed by atoms with Gasteiger partial charge in [0.05, 0.1) is 23.4 Å². The second kappa shape index (κ2) is 5.78. The van der Waals surface area contributed by atoms with Gasteiger partial charge in [0, 0.05) is 18.3 Å². The van der Waals surface area contributed by atoms with Gasteiger partial charge >= 0.3 is 0 Å². The van der Waals surface area contributed by atoms with Gasteiger partial charge in [-0.05, 0) is 26.0 Å². The number of primary amides is 1. The van der Waals surface area contributed by atoms with Gasteiger partial charge in [-0.1, -0.05) is 12.1 Å². The van der Waals surface area contributed by atoms with Crippen molar-refractivity contribution in [2.24, 2.45) is 12.8 Å². The Morgan fingerprint density at radius 3 is 2.52 bits per heavy atom. The molecule has 21 heavy (non-hydrogen) atoms. The number of hydrogen-bond donors (Lipinski definition) is 2. The summed E-state index contributed by atoms with van der Waals surface area (Å²) in [4.78, 5) is 23.5. The van der Waals surface area contributed by atoms with E-state index in [1.54, 1.807) is 28.9 Å². The van der Waals surface area contributed by atoms with Crippen LogP contribution in [0.1, 0.15) is 27.3 Å². The van der Waals surface area contributed by atoms with Crippen LogP contribution in [0.5, 0.6) is 0 Å². The lowest BCUT2D eigenvalue weighted by molar-refractivity contribution is -0.115. The molecule has 0 spiro atoms. The van der Waals surface area contributed by atoms with E-state index in [1.165, 1.54) is 0 Å². The van der Waals surface area contributed by atoms with Gasteiger partial charge in [0.25, 0.3) is 5.91 Å². The first-order valence-electron chi connectivity index (χ1n) is 6.58. The third kappa shape index (κ3) is 3.10. The maximum atomic E-state index is 12.2. The van der Waals surface area contributed by atoms with Crippen molar-refractivity contribution >= 4 is 17.5 Å². The molecule has 0 fully saturated rings. The third-order valence-corrected chi connectivity index (χ3v) is 3.46. The zero-order chi connectivity index (χ0) is 15.6. The highest BCUT2D eigenvalue weighted by molar-refractivity contribution is 6.03. The first-order chi connectivity index (χ1) is 9.90. The van der Waals surface area contributed by atoms with Crippen LogP contribution in [0.4, 0.5) is 5.69 Å². The molecule has 0 atom stereocenters. The van der Waals surface area contributed by atoms with Crippen molar-refractivity contribution in [1.82, 2.24) is 9.78 Å². The summed E-state index contributed by atoms with van der Waals surface area (Å²) in [5.74, 6) is -0.775. The summed E-state index contributed by atoms with van der Waals surface area (Å²) in [6.07, 6.45) is 0.207. The molecule has 1 aromatic carbocycles. The van der Waals surface area contributed by atoms with E-state index in [9.17, 15) is 9.59 Å².